The second kappa shape index (κ2) is 12.6. The molecule has 0 heterocycles. The molecule has 0 aromatic rings. The zero-order valence-corrected chi connectivity index (χ0v) is 16.3. The Morgan fingerprint density at radius 2 is 1.00 bits per heavy atom. The van der Waals surface area contributed by atoms with Crippen LogP contribution in [0.5, 0.6) is 0 Å². The Kier molecular flexibility index (Phi) is 12.6. The fraction of sp³-hybridized carbons (Fsp3) is 1.00. The van der Waals surface area contributed by atoms with E-state index in [-0.39, 0.29) is 0 Å². The van der Waals surface area contributed by atoms with Crippen molar-refractivity contribution in [3.8, 4) is 0 Å². The van der Waals surface area contributed by atoms with Crippen molar-refractivity contribution in [1.29, 1.82) is 0 Å². The third-order valence-corrected chi connectivity index (χ3v) is 7.44. The van der Waals surface area contributed by atoms with Crippen LogP contribution >= 0.6 is 0 Å². The molecule has 0 atom stereocenters. The van der Waals surface area contributed by atoms with E-state index in [2.05, 4.69) is 36.8 Å². The molecule has 0 aromatic heterocycles. The van der Waals surface area contributed by atoms with Gasteiger partial charge in [0.2, 0.25) is 0 Å². The van der Waals surface area contributed by atoms with Crippen LogP contribution in [0.1, 0.15) is 66.2 Å². The fourth-order valence-electron chi connectivity index (χ4n) is 2.83. The Bertz CT molecular complexity index is 218. The molecule has 0 fully saturated rings. The van der Waals surface area contributed by atoms with Crippen LogP contribution in [0, 0.1) is 0 Å². The highest BCUT2D eigenvalue weighted by atomic mass is 28.4. The molecule has 0 aromatic carbocycles. The van der Waals surface area contributed by atoms with Gasteiger partial charge in [-0.15, -0.1) is 0 Å². The Balaban J connectivity index is 5.24. The van der Waals surface area contributed by atoms with Crippen LogP contribution in [0.3, 0.4) is 0 Å². The van der Waals surface area contributed by atoms with Crippen molar-refractivity contribution in [2.24, 2.45) is 0 Å². The summed E-state index contributed by atoms with van der Waals surface area (Å²) in [4.78, 5) is 0. The van der Waals surface area contributed by atoms with E-state index in [4.69, 9.17) is 8.85 Å². The average Bonchev–Trinajstić information content (AvgIpc) is 2.51. The molecule has 128 valence electrons. The number of nitrogens with zero attached hydrogens (tertiary/aromatic N) is 2. The first kappa shape index (κ1) is 21.1. The van der Waals surface area contributed by atoms with Crippen LogP contribution in [0.25, 0.3) is 0 Å². The molecule has 0 aliphatic carbocycles. The van der Waals surface area contributed by atoms with Crippen molar-refractivity contribution in [3.05, 3.63) is 0 Å². The van der Waals surface area contributed by atoms with E-state index in [1.165, 1.54) is 25.7 Å². The highest BCUT2D eigenvalue weighted by Crippen LogP contribution is 2.20. The number of unbranched alkanes of at least 4 members (excludes halogenated alkanes) is 2. The highest BCUT2D eigenvalue weighted by Gasteiger charge is 2.49. The lowest BCUT2D eigenvalue weighted by Gasteiger charge is -2.44. The lowest BCUT2D eigenvalue weighted by atomic mass is 10.3. The normalized spacial score (nSPS) is 12.6. The van der Waals surface area contributed by atoms with Gasteiger partial charge >= 0.3 is 8.88 Å². The standard InChI is InChI=1S/C16H38N2O2Si/c1-7-11-15-17(13-9-3)21(19-5,20-6)18(14-10-4)16-12-8-2/h7-16H2,1-6H3. The summed E-state index contributed by atoms with van der Waals surface area (Å²) in [5.41, 5.74) is 0. The van der Waals surface area contributed by atoms with Gasteiger partial charge in [-0.2, -0.15) is 0 Å². The molecular formula is C16H38N2O2Si. The second-order valence-corrected chi connectivity index (χ2v) is 8.82. The van der Waals surface area contributed by atoms with E-state index in [1.807, 2.05) is 14.2 Å². The fourth-order valence-corrected chi connectivity index (χ4v) is 6.32. The van der Waals surface area contributed by atoms with Crippen molar-refractivity contribution < 1.29 is 8.85 Å². The zero-order chi connectivity index (χ0) is 16.1. The van der Waals surface area contributed by atoms with Gasteiger partial charge in [0.25, 0.3) is 0 Å². The summed E-state index contributed by atoms with van der Waals surface area (Å²) in [6.07, 6.45) is 7.10. The molecule has 4 nitrogen and oxygen atoms in total. The van der Waals surface area contributed by atoms with Crippen LogP contribution in [0.2, 0.25) is 0 Å². The highest BCUT2D eigenvalue weighted by molar-refractivity contribution is 6.61. The lowest BCUT2D eigenvalue weighted by molar-refractivity contribution is 0.0908. The van der Waals surface area contributed by atoms with Crippen LogP contribution < -0.4 is 0 Å². The molecule has 0 spiro atoms. The Morgan fingerprint density at radius 3 is 1.24 bits per heavy atom. The van der Waals surface area contributed by atoms with Crippen molar-refractivity contribution in [1.82, 2.24) is 9.13 Å². The summed E-state index contributed by atoms with van der Waals surface area (Å²) >= 11 is 0. The van der Waals surface area contributed by atoms with E-state index in [0.717, 1.165) is 39.0 Å². The van der Waals surface area contributed by atoms with E-state index in [9.17, 15) is 0 Å². The molecule has 0 rings (SSSR count). The minimum absolute atomic E-state index is 1.06. The molecule has 5 heteroatoms. The summed E-state index contributed by atoms with van der Waals surface area (Å²) in [6, 6.07) is 0. The zero-order valence-electron chi connectivity index (χ0n) is 15.3. The van der Waals surface area contributed by atoms with E-state index in [0.29, 0.717) is 0 Å². The summed E-state index contributed by atoms with van der Waals surface area (Å²) in [5.74, 6) is 0. The molecule has 0 amide bonds. The number of hydrogen-bond acceptors (Lipinski definition) is 4. The maximum Gasteiger partial charge on any atom is 0.521 e. The van der Waals surface area contributed by atoms with Crippen LogP contribution in [0.4, 0.5) is 0 Å². The van der Waals surface area contributed by atoms with Crippen molar-refractivity contribution in [3.63, 3.8) is 0 Å². The third-order valence-electron chi connectivity index (χ3n) is 3.88. The molecular weight excluding hydrogens is 280 g/mol. The van der Waals surface area contributed by atoms with Gasteiger partial charge < -0.3 is 8.85 Å². The predicted molar refractivity (Wildman–Crippen MR) is 93.3 cm³/mol. The topological polar surface area (TPSA) is 24.9 Å². The van der Waals surface area contributed by atoms with Gasteiger partial charge in [0.05, 0.1) is 0 Å². The quantitative estimate of drug-likeness (QED) is 0.456. The average molecular weight is 319 g/mol. The molecule has 0 aliphatic rings. The van der Waals surface area contributed by atoms with Gasteiger partial charge in [-0.05, 0) is 51.9 Å². The molecule has 0 N–H and O–H groups in total. The van der Waals surface area contributed by atoms with Crippen molar-refractivity contribution >= 4 is 8.88 Å². The molecule has 0 bridgehead atoms. The first-order chi connectivity index (χ1) is 10.2. The van der Waals surface area contributed by atoms with E-state index < -0.39 is 8.88 Å². The third kappa shape index (κ3) is 6.36. The molecule has 0 radical (unpaired) electrons. The lowest BCUT2D eigenvalue weighted by Crippen LogP contribution is -2.69. The van der Waals surface area contributed by atoms with Crippen LogP contribution in [-0.4, -0.2) is 58.4 Å². The van der Waals surface area contributed by atoms with Gasteiger partial charge in [0.1, 0.15) is 0 Å². The first-order valence-corrected chi connectivity index (χ1v) is 10.5. The van der Waals surface area contributed by atoms with Gasteiger partial charge in [0, 0.05) is 14.2 Å². The van der Waals surface area contributed by atoms with Gasteiger partial charge in [0.15, 0.2) is 0 Å². The SMILES string of the molecule is CCCCN(CCC)[Si](OC)(OC)N(CCC)CCCC. The predicted octanol–water partition coefficient (Wildman–Crippen LogP) is 3.74. The maximum absolute atomic E-state index is 6.08. The maximum atomic E-state index is 6.08. The summed E-state index contributed by atoms with van der Waals surface area (Å²) < 4.78 is 17.2. The van der Waals surface area contributed by atoms with E-state index in [1.54, 1.807) is 0 Å². The monoisotopic (exact) mass is 318 g/mol. The Hall–Kier alpha value is 0.0569. The van der Waals surface area contributed by atoms with Gasteiger partial charge in [-0.3, -0.25) is 9.13 Å². The van der Waals surface area contributed by atoms with Crippen molar-refractivity contribution in [2.45, 2.75) is 66.2 Å². The molecule has 0 saturated heterocycles. The minimum atomic E-state index is -2.45. The molecule has 0 aliphatic heterocycles. The summed E-state index contributed by atoms with van der Waals surface area (Å²) in [6.45, 7) is 13.2. The Labute approximate surface area is 134 Å². The molecule has 21 heavy (non-hydrogen) atoms. The number of hydrogen-bond donors (Lipinski definition) is 0. The first-order valence-electron chi connectivity index (χ1n) is 8.77. The minimum Gasteiger partial charge on any atom is -0.374 e. The Morgan fingerprint density at radius 1 is 0.619 bits per heavy atom. The number of rotatable bonds is 14. The molecule has 0 unspecified atom stereocenters. The smallest absolute Gasteiger partial charge is 0.374 e. The van der Waals surface area contributed by atoms with E-state index >= 15 is 0 Å². The largest absolute Gasteiger partial charge is 0.521 e. The van der Waals surface area contributed by atoms with Gasteiger partial charge in [-0.25, -0.2) is 0 Å². The molecule has 0 saturated carbocycles. The van der Waals surface area contributed by atoms with Crippen LogP contribution in [-0.2, 0) is 8.85 Å². The van der Waals surface area contributed by atoms with Crippen LogP contribution in [0.15, 0.2) is 0 Å². The second-order valence-electron chi connectivity index (χ2n) is 5.64. The van der Waals surface area contributed by atoms with Gasteiger partial charge in [-0.1, -0.05) is 40.5 Å². The van der Waals surface area contributed by atoms with Crippen molar-refractivity contribution in [2.75, 3.05) is 40.4 Å². The summed E-state index contributed by atoms with van der Waals surface area (Å²) in [5, 5.41) is 0. The summed E-state index contributed by atoms with van der Waals surface area (Å²) in [7, 11) is 1.21.